The van der Waals surface area contributed by atoms with Crippen molar-refractivity contribution in [3.05, 3.63) is 11.6 Å². The van der Waals surface area contributed by atoms with Crippen LogP contribution in [0.2, 0.25) is 0 Å². The molecule has 3 saturated carbocycles. The van der Waals surface area contributed by atoms with Gasteiger partial charge in [-0.2, -0.15) is 0 Å². The predicted octanol–water partition coefficient (Wildman–Crippen LogP) is -7.58. The van der Waals surface area contributed by atoms with E-state index in [9.17, 15) is 112 Å². The lowest BCUT2D eigenvalue weighted by Crippen LogP contribution is -2.65. The van der Waals surface area contributed by atoms with E-state index >= 15 is 0 Å². The third kappa shape index (κ3) is 14.9. The van der Waals surface area contributed by atoms with Crippen LogP contribution >= 0.6 is 0 Å². The maximum atomic E-state index is 12.9. The number of rotatable bonds is 23. The van der Waals surface area contributed by atoms with Gasteiger partial charge in [0.15, 0.2) is 37.7 Å². The van der Waals surface area contributed by atoms with E-state index in [1.807, 2.05) is 13.8 Å². The minimum Gasteiger partial charge on any atom is -0.394 e. The molecule has 0 radical (unpaired) electrons. The second-order valence-electron chi connectivity index (χ2n) is 31.6. The van der Waals surface area contributed by atoms with Crippen molar-refractivity contribution < 1.29 is 169 Å². The molecule has 0 aromatic carbocycles. The Morgan fingerprint density at radius 2 is 0.850 bits per heavy atom. The lowest BCUT2D eigenvalue weighted by molar-refractivity contribution is -0.380. The zero-order valence-corrected chi connectivity index (χ0v) is 57.6. The van der Waals surface area contributed by atoms with Crippen LogP contribution in [0.15, 0.2) is 11.6 Å². The summed E-state index contributed by atoms with van der Waals surface area (Å²) >= 11 is 0. The summed E-state index contributed by atoms with van der Waals surface area (Å²) in [6.07, 6.45) is -47.6. The fraction of sp³-hybridized carbons (Fsp3) is 0.970. The Kier molecular flexibility index (Phi) is 25.5. The first-order chi connectivity index (χ1) is 46.8. The van der Waals surface area contributed by atoms with Crippen molar-refractivity contribution in [1.29, 1.82) is 0 Å². The molecule has 0 amide bonds. The molecule has 6 aliphatic heterocycles. The first kappa shape index (κ1) is 80.9. The summed E-state index contributed by atoms with van der Waals surface area (Å²) in [5, 5.41) is 238. The van der Waals surface area contributed by atoms with E-state index in [1.165, 1.54) is 13.8 Å². The predicted molar refractivity (Wildman–Crippen MR) is 333 cm³/mol. The molecule has 580 valence electrons. The van der Waals surface area contributed by atoms with Gasteiger partial charge in [0, 0.05) is 10.8 Å². The van der Waals surface area contributed by atoms with E-state index < -0.39 is 264 Å². The standard InChI is InChI=1S/C66H112O34/c1-24(9-13-37(63(4,5)88)99-61-55(100-60-54(87)46(79)40(73)30(20-69)94-60)49(82)43(76)33(97-61)23-90-57-51(84)45(78)39(72)29(19-68)93-57)25-15-16-64(6)34-12-10-26-27(66(34,8)35(70)17-65(25,64)7)11-14-36(62(26,2)3)98-59-53(86)48(81)42(75)32(96-59)22-91-58-52(85)47(80)41(74)31(95-58)21-89-56-50(83)44(77)38(71)28(18-67)92-56/h10,24-25,27-61,67-88H,9,11-23H2,1-8H3/t24-,25?,27?,28+,29-,30+,31-,32-,33-,34?,35-,36+,37-,38+,39-,40+,41-,42-,43-,44-,45+,46-,47+,48+,49+,50+,51-,52-,53-,54+,55-,56?,57-,58+,59+,60-,61+,64+,65-,66+/m1/s1. The first-order valence-corrected chi connectivity index (χ1v) is 35.1. The average Bonchev–Trinajstić information content (AvgIpc) is 1.02. The van der Waals surface area contributed by atoms with Crippen molar-refractivity contribution in [2.75, 3.05) is 39.6 Å². The molecule has 34 heteroatoms. The van der Waals surface area contributed by atoms with E-state index in [-0.39, 0.29) is 35.5 Å². The Labute approximate surface area is 579 Å². The third-order valence-electron chi connectivity index (χ3n) is 25.0. The number of allylic oxidation sites excluding steroid dienone is 1. The highest BCUT2D eigenvalue weighted by atomic mass is 16.8. The zero-order valence-electron chi connectivity index (χ0n) is 57.6. The van der Waals surface area contributed by atoms with Gasteiger partial charge in [-0.25, -0.2) is 0 Å². The molecule has 4 unspecified atom stereocenters. The summed E-state index contributed by atoms with van der Waals surface area (Å²) in [5.41, 5.74) is -2.73. The SMILES string of the molecule is C[C@H](CC[C@@H](O[C@@H]1O[C@H](CO[C@@H]2O[C@H](CO)[C@@H](O)[C@H](O)[C@H]2O)[C@@H](O)[C@H](O)[C@H]1O[C@H]1O[C@@H](CO)[C@H](O)[C@@H](O)[C@@H]1O)C(C)(C)O)C1CC[C@@]2(C)C3CC=C4C(CC[C@H](O[C@@H]5O[C@H](CO[C@H]6O[C@H](COC7O[C@@H](CO)[C@H](O)[C@@H](O)[C@@H]7O)[C@@H](O)[C@H](O)[C@H]6O)[C@@H](O)[C@H](O)[C@H]5O)C4(C)C)[C@]3(C)[C@H](O)C[C@]12C. The van der Waals surface area contributed by atoms with Gasteiger partial charge < -0.3 is 169 Å². The molecule has 0 bridgehead atoms. The Morgan fingerprint density at radius 1 is 0.460 bits per heavy atom. The van der Waals surface area contributed by atoms with Crippen LogP contribution in [0, 0.1) is 45.3 Å². The monoisotopic (exact) mass is 1450 g/mol. The van der Waals surface area contributed by atoms with Gasteiger partial charge in [-0.3, -0.25) is 0 Å². The average molecular weight is 1450 g/mol. The summed E-state index contributed by atoms with van der Waals surface area (Å²) in [6.45, 7) is 11.6. The minimum atomic E-state index is -1.97. The second-order valence-corrected chi connectivity index (χ2v) is 31.6. The molecule has 10 rings (SSSR count). The third-order valence-corrected chi connectivity index (χ3v) is 25.0. The van der Waals surface area contributed by atoms with Gasteiger partial charge in [-0.05, 0) is 99.7 Å². The molecule has 40 atom stereocenters. The van der Waals surface area contributed by atoms with Crippen LogP contribution in [-0.4, -0.2) is 360 Å². The maximum absolute atomic E-state index is 12.9. The van der Waals surface area contributed by atoms with Gasteiger partial charge in [0.05, 0.1) is 63.6 Å². The quantitative estimate of drug-likeness (QED) is 0.0423. The number of hydrogen-bond acceptors (Lipinski definition) is 34. The van der Waals surface area contributed by atoms with E-state index in [4.69, 9.17) is 56.8 Å². The molecule has 34 nitrogen and oxygen atoms in total. The highest BCUT2D eigenvalue weighted by molar-refractivity contribution is 5.32. The molecule has 0 aromatic rings. The smallest absolute Gasteiger partial charge is 0.187 e. The Morgan fingerprint density at radius 3 is 1.30 bits per heavy atom. The molecule has 100 heavy (non-hydrogen) atoms. The molecule has 4 aliphatic carbocycles. The highest BCUT2D eigenvalue weighted by Crippen LogP contribution is 2.75. The molecule has 6 saturated heterocycles. The van der Waals surface area contributed by atoms with Crippen molar-refractivity contribution in [3.8, 4) is 0 Å². The highest BCUT2D eigenvalue weighted by Gasteiger charge is 2.71. The van der Waals surface area contributed by atoms with Gasteiger partial charge in [0.2, 0.25) is 0 Å². The van der Waals surface area contributed by atoms with Crippen molar-refractivity contribution in [2.24, 2.45) is 45.3 Å². The van der Waals surface area contributed by atoms with Gasteiger partial charge in [-0.15, -0.1) is 0 Å². The van der Waals surface area contributed by atoms with Crippen LogP contribution in [0.1, 0.15) is 107 Å². The maximum Gasteiger partial charge on any atom is 0.187 e. The zero-order chi connectivity index (χ0) is 73.5. The summed E-state index contributed by atoms with van der Waals surface area (Å²) in [7, 11) is 0. The summed E-state index contributed by atoms with van der Waals surface area (Å²) < 4.78 is 70.8. The van der Waals surface area contributed by atoms with E-state index in [2.05, 4.69) is 33.8 Å². The van der Waals surface area contributed by atoms with E-state index in [0.29, 0.717) is 32.1 Å². The summed E-state index contributed by atoms with van der Waals surface area (Å²) in [6, 6.07) is 0. The van der Waals surface area contributed by atoms with E-state index in [0.717, 1.165) is 18.4 Å². The minimum absolute atomic E-state index is 0.00824. The van der Waals surface area contributed by atoms with Crippen molar-refractivity contribution in [3.63, 3.8) is 0 Å². The van der Waals surface area contributed by atoms with Crippen molar-refractivity contribution >= 4 is 0 Å². The van der Waals surface area contributed by atoms with Crippen LogP contribution in [-0.2, 0) is 56.8 Å². The van der Waals surface area contributed by atoms with Crippen LogP contribution in [0.4, 0.5) is 0 Å². The number of hydrogen-bond donors (Lipinski definition) is 22. The van der Waals surface area contributed by atoms with Crippen LogP contribution in [0.3, 0.4) is 0 Å². The molecule has 9 fully saturated rings. The lowest BCUT2D eigenvalue weighted by atomic mass is 9.38. The van der Waals surface area contributed by atoms with Gasteiger partial charge in [-0.1, -0.05) is 53.2 Å². The number of aliphatic hydroxyl groups excluding tert-OH is 21. The fourth-order valence-electron chi connectivity index (χ4n) is 18.4. The fourth-order valence-corrected chi connectivity index (χ4v) is 18.4. The normalized spacial score (nSPS) is 52.1. The molecule has 0 aromatic heterocycles. The summed E-state index contributed by atoms with van der Waals surface area (Å²) in [5.74, 6) is -0.162. The van der Waals surface area contributed by atoms with Gasteiger partial charge in [0.1, 0.15) is 146 Å². The van der Waals surface area contributed by atoms with Crippen LogP contribution in [0.5, 0.6) is 0 Å². The first-order valence-electron chi connectivity index (χ1n) is 35.1. The molecule has 0 spiro atoms. The molecule has 22 N–H and O–H groups in total. The lowest BCUT2D eigenvalue weighted by Gasteiger charge is -2.67. The Bertz CT molecular complexity index is 2670. The van der Waals surface area contributed by atoms with E-state index in [1.54, 1.807) is 0 Å². The number of ether oxygens (including phenoxy) is 12. The Hall–Kier alpha value is -1.62. The van der Waals surface area contributed by atoms with Crippen LogP contribution < -0.4 is 0 Å². The van der Waals surface area contributed by atoms with Gasteiger partial charge >= 0.3 is 0 Å². The largest absolute Gasteiger partial charge is 0.394 e. The van der Waals surface area contributed by atoms with Gasteiger partial charge in [0.25, 0.3) is 0 Å². The summed E-state index contributed by atoms with van der Waals surface area (Å²) in [4.78, 5) is 0. The molecular formula is C66H112O34. The Balaban J connectivity index is 0.794. The number of aliphatic hydroxyl groups is 22. The number of fused-ring (bicyclic) bond motifs is 5. The second kappa shape index (κ2) is 31.5. The van der Waals surface area contributed by atoms with Crippen LogP contribution in [0.25, 0.3) is 0 Å². The molecule has 6 heterocycles. The molecular weight excluding hydrogens is 1340 g/mol. The molecule has 10 aliphatic rings. The topological polar surface area (TPSA) is 556 Å². The van der Waals surface area contributed by atoms with Crippen molar-refractivity contribution in [1.82, 2.24) is 0 Å². The van der Waals surface area contributed by atoms with Crippen molar-refractivity contribution in [2.45, 2.75) is 315 Å².